The predicted octanol–water partition coefficient (Wildman–Crippen LogP) is 3.39. The second-order valence-electron chi connectivity index (χ2n) is 8.87. The molecule has 2 amide bonds. The number of hydrogen-bond acceptors (Lipinski definition) is 4. The second kappa shape index (κ2) is 12.1. The molecule has 0 aliphatic heterocycles. The van der Waals surface area contributed by atoms with Crippen LogP contribution >= 0.6 is 0 Å². The van der Waals surface area contributed by atoms with Crippen molar-refractivity contribution in [3.8, 4) is 0 Å². The van der Waals surface area contributed by atoms with Crippen LogP contribution in [0.15, 0.2) is 59.5 Å². The summed E-state index contributed by atoms with van der Waals surface area (Å²) in [6.07, 6.45) is 4.34. The maximum absolute atomic E-state index is 13.2. The van der Waals surface area contributed by atoms with Gasteiger partial charge in [0, 0.05) is 25.6 Å². The van der Waals surface area contributed by atoms with E-state index in [4.69, 9.17) is 0 Å². The third-order valence-electron chi connectivity index (χ3n) is 5.95. The largest absolute Gasteiger partial charge is 0.354 e. The normalized spacial score (nSPS) is 14.4. The maximum Gasteiger partial charge on any atom is 0.242 e. The summed E-state index contributed by atoms with van der Waals surface area (Å²) >= 11 is 0. The summed E-state index contributed by atoms with van der Waals surface area (Å²) in [7, 11) is -3.49. The number of nitrogens with zero attached hydrogens (tertiary/aromatic N) is 1. The van der Waals surface area contributed by atoms with Gasteiger partial charge in [0.1, 0.15) is 6.04 Å². The predicted molar refractivity (Wildman–Crippen MR) is 132 cm³/mol. The molecule has 0 heterocycles. The summed E-state index contributed by atoms with van der Waals surface area (Å²) in [5.74, 6) is -0.274. The Morgan fingerprint density at radius 3 is 2.32 bits per heavy atom. The van der Waals surface area contributed by atoms with Crippen LogP contribution in [0.25, 0.3) is 0 Å². The van der Waals surface area contributed by atoms with Crippen molar-refractivity contribution in [1.82, 2.24) is 14.9 Å². The van der Waals surface area contributed by atoms with Crippen molar-refractivity contribution >= 4 is 21.8 Å². The van der Waals surface area contributed by atoms with Gasteiger partial charge in [0.25, 0.3) is 0 Å². The van der Waals surface area contributed by atoms with Gasteiger partial charge in [-0.1, -0.05) is 55.8 Å². The standard InChI is InChI=1S/C26H35N3O4S/c1-3-4-18-27-26(31)20(2)29(19-22-8-6-5-7-9-22)25(30)17-12-21-10-15-24(16-11-21)34(32,33)28-23-13-14-23/h5-11,15-16,20,23,28H,3-4,12-14,17-19H2,1-2H3,(H,27,31). The van der Waals surface area contributed by atoms with Crippen molar-refractivity contribution < 1.29 is 18.0 Å². The van der Waals surface area contributed by atoms with Gasteiger partial charge in [0.15, 0.2) is 0 Å². The van der Waals surface area contributed by atoms with E-state index in [9.17, 15) is 18.0 Å². The van der Waals surface area contributed by atoms with E-state index in [1.54, 1.807) is 36.1 Å². The fourth-order valence-corrected chi connectivity index (χ4v) is 4.92. The SMILES string of the molecule is CCCCNC(=O)C(C)N(Cc1ccccc1)C(=O)CCc1ccc(S(=O)(=O)NC2CC2)cc1. The number of rotatable bonds is 13. The first kappa shape index (κ1) is 25.9. The monoisotopic (exact) mass is 485 g/mol. The fraction of sp³-hybridized carbons (Fsp3) is 0.462. The Morgan fingerprint density at radius 2 is 1.71 bits per heavy atom. The van der Waals surface area contributed by atoms with Gasteiger partial charge < -0.3 is 10.2 Å². The third kappa shape index (κ3) is 7.67. The quantitative estimate of drug-likeness (QED) is 0.425. The second-order valence-corrected chi connectivity index (χ2v) is 10.6. The van der Waals surface area contributed by atoms with Gasteiger partial charge in [-0.05, 0) is 55.9 Å². The zero-order chi connectivity index (χ0) is 24.6. The molecule has 8 heteroatoms. The highest BCUT2D eigenvalue weighted by Crippen LogP contribution is 2.22. The Morgan fingerprint density at radius 1 is 1.03 bits per heavy atom. The number of sulfonamides is 1. The fourth-order valence-electron chi connectivity index (χ4n) is 3.62. The van der Waals surface area contributed by atoms with Crippen molar-refractivity contribution in [3.63, 3.8) is 0 Å². The number of unbranched alkanes of at least 4 members (excludes halogenated alkanes) is 1. The smallest absolute Gasteiger partial charge is 0.242 e. The zero-order valence-corrected chi connectivity index (χ0v) is 20.8. The maximum atomic E-state index is 13.2. The first-order valence-corrected chi connectivity index (χ1v) is 13.5. The lowest BCUT2D eigenvalue weighted by molar-refractivity contribution is -0.140. The van der Waals surface area contributed by atoms with Crippen molar-refractivity contribution in [2.75, 3.05) is 6.54 Å². The van der Waals surface area contributed by atoms with Crippen LogP contribution in [-0.4, -0.2) is 43.8 Å². The summed E-state index contributed by atoms with van der Waals surface area (Å²) in [6, 6.07) is 15.7. The summed E-state index contributed by atoms with van der Waals surface area (Å²) in [6.45, 7) is 4.77. The molecule has 2 aromatic carbocycles. The molecule has 184 valence electrons. The average molecular weight is 486 g/mol. The van der Waals surface area contributed by atoms with E-state index in [-0.39, 0.29) is 29.2 Å². The molecular formula is C26H35N3O4S. The molecule has 0 bridgehead atoms. The molecule has 0 aromatic heterocycles. The minimum absolute atomic E-state index is 0.0547. The van der Waals surface area contributed by atoms with Crippen molar-refractivity contribution in [3.05, 3.63) is 65.7 Å². The molecule has 0 saturated heterocycles. The van der Waals surface area contributed by atoms with Crippen LogP contribution in [0.5, 0.6) is 0 Å². The van der Waals surface area contributed by atoms with E-state index in [1.165, 1.54) is 0 Å². The molecule has 0 radical (unpaired) electrons. The number of nitrogens with one attached hydrogen (secondary N) is 2. The van der Waals surface area contributed by atoms with Crippen LogP contribution in [0.2, 0.25) is 0 Å². The van der Waals surface area contributed by atoms with Gasteiger partial charge in [0.2, 0.25) is 21.8 Å². The highest BCUT2D eigenvalue weighted by atomic mass is 32.2. The molecule has 7 nitrogen and oxygen atoms in total. The molecule has 2 aromatic rings. The minimum Gasteiger partial charge on any atom is -0.354 e. The molecule has 0 spiro atoms. The summed E-state index contributed by atoms with van der Waals surface area (Å²) < 4.78 is 27.4. The number of carbonyl (C=O) groups is 2. The Kier molecular flexibility index (Phi) is 9.24. The molecule has 34 heavy (non-hydrogen) atoms. The molecular weight excluding hydrogens is 450 g/mol. The third-order valence-corrected chi connectivity index (χ3v) is 7.49. The first-order chi connectivity index (χ1) is 16.3. The Labute approximate surface area is 203 Å². The Bertz CT molecular complexity index is 1050. The van der Waals surface area contributed by atoms with Gasteiger partial charge >= 0.3 is 0 Å². The molecule has 1 unspecified atom stereocenters. The van der Waals surface area contributed by atoms with E-state index >= 15 is 0 Å². The van der Waals surface area contributed by atoms with E-state index in [0.717, 1.165) is 36.8 Å². The van der Waals surface area contributed by atoms with Crippen molar-refractivity contribution in [2.24, 2.45) is 0 Å². The number of carbonyl (C=O) groups excluding carboxylic acids is 2. The molecule has 1 aliphatic carbocycles. The first-order valence-electron chi connectivity index (χ1n) is 12.0. The lowest BCUT2D eigenvalue weighted by Gasteiger charge is -2.29. The van der Waals surface area contributed by atoms with Crippen LogP contribution in [0, 0.1) is 0 Å². The average Bonchev–Trinajstić information content (AvgIpc) is 3.65. The number of amides is 2. The van der Waals surface area contributed by atoms with E-state index < -0.39 is 16.1 Å². The highest BCUT2D eigenvalue weighted by molar-refractivity contribution is 7.89. The van der Waals surface area contributed by atoms with Crippen LogP contribution in [0.4, 0.5) is 0 Å². The summed E-state index contributed by atoms with van der Waals surface area (Å²) in [5, 5.41) is 2.92. The topological polar surface area (TPSA) is 95.6 Å². The number of benzene rings is 2. The van der Waals surface area contributed by atoms with Gasteiger partial charge in [0.05, 0.1) is 4.90 Å². The summed E-state index contributed by atoms with van der Waals surface area (Å²) in [5.41, 5.74) is 1.83. The molecule has 1 saturated carbocycles. The molecule has 1 fully saturated rings. The lowest BCUT2D eigenvalue weighted by atomic mass is 10.1. The van der Waals surface area contributed by atoms with Crippen LogP contribution in [0.1, 0.15) is 57.1 Å². The van der Waals surface area contributed by atoms with E-state index in [0.29, 0.717) is 19.5 Å². The summed E-state index contributed by atoms with van der Waals surface area (Å²) in [4.78, 5) is 27.7. The molecule has 1 aliphatic rings. The molecule has 3 rings (SSSR count). The van der Waals surface area contributed by atoms with Crippen LogP contribution < -0.4 is 10.0 Å². The lowest BCUT2D eigenvalue weighted by Crippen LogP contribution is -2.47. The van der Waals surface area contributed by atoms with Gasteiger partial charge in [-0.25, -0.2) is 13.1 Å². The number of hydrogen-bond donors (Lipinski definition) is 2. The minimum atomic E-state index is -3.49. The van der Waals surface area contributed by atoms with Gasteiger partial charge in [-0.3, -0.25) is 9.59 Å². The van der Waals surface area contributed by atoms with Gasteiger partial charge in [-0.15, -0.1) is 0 Å². The van der Waals surface area contributed by atoms with E-state index in [1.807, 2.05) is 30.3 Å². The molecule has 2 N–H and O–H groups in total. The zero-order valence-electron chi connectivity index (χ0n) is 20.0. The highest BCUT2D eigenvalue weighted by Gasteiger charge is 2.28. The Hall–Kier alpha value is -2.71. The van der Waals surface area contributed by atoms with Crippen molar-refractivity contribution in [2.45, 2.75) is 75.9 Å². The van der Waals surface area contributed by atoms with E-state index in [2.05, 4.69) is 17.0 Å². The van der Waals surface area contributed by atoms with Gasteiger partial charge in [-0.2, -0.15) is 0 Å². The van der Waals surface area contributed by atoms with Crippen LogP contribution in [-0.2, 0) is 32.6 Å². The van der Waals surface area contributed by atoms with Crippen LogP contribution in [0.3, 0.4) is 0 Å². The molecule has 1 atom stereocenters. The Balaban J connectivity index is 1.64. The van der Waals surface area contributed by atoms with Crippen molar-refractivity contribution in [1.29, 1.82) is 0 Å². The number of aryl methyl sites for hydroxylation is 1.